The molecule has 1 N–H and O–H groups in total. The predicted octanol–water partition coefficient (Wildman–Crippen LogP) is 4.75. The average molecular weight is 471 g/mol. The number of furan rings is 1. The van der Waals surface area contributed by atoms with Gasteiger partial charge in [0.15, 0.2) is 0 Å². The number of nitrogens with one attached hydrogen (secondary N) is 1. The monoisotopic (exact) mass is 470 g/mol. The quantitative estimate of drug-likeness (QED) is 0.523. The maximum Gasteiger partial charge on any atom is 0.337 e. The van der Waals surface area contributed by atoms with E-state index in [2.05, 4.69) is 5.32 Å². The van der Waals surface area contributed by atoms with Gasteiger partial charge in [-0.3, -0.25) is 9.59 Å². The smallest absolute Gasteiger partial charge is 0.337 e. The molecule has 164 valence electrons. The van der Waals surface area contributed by atoms with Gasteiger partial charge in [-0.15, -0.1) is 11.8 Å². The minimum atomic E-state index is -0.524. The van der Waals surface area contributed by atoms with Gasteiger partial charge in [0, 0.05) is 5.56 Å². The van der Waals surface area contributed by atoms with Crippen molar-refractivity contribution in [1.29, 1.82) is 0 Å². The summed E-state index contributed by atoms with van der Waals surface area (Å²) in [4.78, 5) is 38.5. The highest BCUT2D eigenvalue weighted by molar-refractivity contribution is 8.00. The molecular weight excluding hydrogens is 452 g/mol. The second-order valence-corrected chi connectivity index (χ2v) is 8.50. The summed E-state index contributed by atoms with van der Waals surface area (Å²) in [6.45, 7) is 0.390. The zero-order valence-corrected chi connectivity index (χ0v) is 18.6. The Kier molecular flexibility index (Phi) is 6.53. The number of rotatable bonds is 6. The van der Waals surface area contributed by atoms with Crippen molar-refractivity contribution in [1.82, 2.24) is 4.90 Å². The third kappa shape index (κ3) is 4.66. The summed E-state index contributed by atoms with van der Waals surface area (Å²) in [5, 5.41) is 2.87. The summed E-state index contributed by atoms with van der Waals surface area (Å²) < 4.78 is 10.1. The van der Waals surface area contributed by atoms with Crippen LogP contribution >= 0.6 is 23.4 Å². The van der Waals surface area contributed by atoms with E-state index in [1.165, 1.54) is 37.1 Å². The van der Waals surface area contributed by atoms with Crippen molar-refractivity contribution in [2.24, 2.45) is 0 Å². The summed E-state index contributed by atoms with van der Waals surface area (Å²) in [6.07, 6.45) is 1.58. The lowest BCUT2D eigenvalue weighted by molar-refractivity contribution is -0.128. The van der Waals surface area contributed by atoms with E-state index >= 15 is 0 Å². The summed E-state index contributed by atoms with van der Waals surface area (Å²) in [6, 6.07) is 15.2. The number of hydrogen-bond donors (Lipinski definition) is 1. The van der Waals surface area contributed by atoms with Gasteiger partial charge in [-0.2, -0.15) is 0 Å². The van der Waals surface area contributed by atoms with E-state index in [0.29, 0.717) is 34.3 Å². The molecular formula is C23H19ClN2O5S. The van der Waals surface area contributed by atoms with Gasteiger partial charge in [-0.1, -0.05) is 23.7 Å². The lowest BCUT2D eigenvalue weighted by atomic mass is 10.1. The lowest BCUT2D eigenvalue weighted by Gasteiger charge is -2.23. The van der Waals surface area contributed by atoms with Crippen LogP contribution in [-0.4, -0.2) is 35.5 Å². The zero-order valence-electron chi connectivity index (χ0n) is 17.0. The number of methoxy groups -OCH3 is 1. The molecule has 0 bridgehead atoms. The van der Waals surface area contributed by atoms with Crippen molar-refractivity contribution in [2.45, 2.75) is 11.9 Å². The van der Waals surface area contributed by atoms with E-state index in [-0.39, 0.29) is 22.8 Å². The Morgan fingerprint density at radius 2 is 1.94 bits per heavy atom. The molecule has 2 aromatic carbocycles. The third-order valence-electron chi connectivity index (χ3n) is 4.97. The van der Waals surface area contributed by atoms with Gasteiger partial charge in [-0.25, -0.2) is 4.79 Å². The van der Waals surface area contributed by atoms with E-state index in [4.69, 9.17) is 20.8 Å². The lowest BCUT2D eigenvalue weighted by Crippen LogP contribution is -2.27. The zero-order chi connectivity index (χ0) is 22.7. The van der Waals surface area contributed by atoms with Gasteiger partial charge in [0.05, 0.1) is 41.9 Å². The van der Waals surface area contributed by atoms with Crippen LogP contribution in [0.1, 0.15) is 37.4 Å². The molecule has 1 aromatic heterocycles. The molecule has 1 aliphatic rings. The number of halogens is 1. The first-order valence-corrected chi connectivity index (χ1v) is 11.1. The van der Waals surface area contributed by atoms with Gasteiger partial charge < -0.3 is 19.4 Å². The number of thioether (sulfide) groups is 1. The molecule has 0 radical (unpaired) electrons. The van der Waals surface area contributed by atoms with Crippen LogP contribution in [0.2, 0.25) is 5.02 Å². The van der Waals surface area contributed by atoms with Gasteiger partial charge >= 0.3 is 5.97 Å². The van der Waals surface area contributed by atoms with Crippen molar-refractivity contribution >= 4 is 46.8 Å². The molecule has 32 heavy (non-hydrogen) atoms. The van der Waals surface area contributed by atoms with Crippen LogP contribution in [0.3, 0.4) is 0 Å². The number of esters is 1. The third-order valence-corrected chi connectivity index (χ3v) is 6.55. The molecule has 2 heterocycles. The molecule has 1 aliphatic heterocycles. The van der Waals surface area contributed by atoms with E-state index in [0.717, 1.165) is 5.56 Å². The summed E-state index contributed by atoms with van der Waals surface area (Å²) in [5.74, 6) is 0.251. The normalized spacial score (nSPS) is 15.6. The standard InChI is InChI=1S/C23H19ClN2O5S/c1-30-23(29)16-8-9-18(24)19(11-16)25-21(28)14-4-6-15(7-5-14)22-26(20(27)13-32-22)12-17-3-2-10-31-17/h2-11,22H,12-13H2,1H3,(H,25,28). The van der Waals surface area contributed by atoms with Gasteiger partial charge in [-0.05, 0) is 48.0 Å². The van der Waals surface area contributed by atoms with Crippen molar-refractivity contribution in [3.8, 4) is 0 Å². The van der Waals surface area contributed by atoms with Gasteiger partial charge in [0.1, 0.15) is 11.1 Å². The molecule has 1 fully saturated rings. The molecule has 1 saturated heterocycles. The topological polar surface area (TPSA) is 88.8 Å². The highest BCUT2D eigenvalue weighted by atomic mass is 35.5. The molecule has 3 aromatic rings. The number of anilines is 1. The van der Waals surface area contributed by atoms with Crippen LogP contribution in [0.4, 0.5) is 5.69 Å². The van der Waals surface area contributed by atoms with Crippen LogP contribution in [-0.2, 0) is 16.1 Å². The number of hydrogen-bond acceptors (Lipinski definition) is 6. The molecule has 0 spiro atoms. The Morgan fingerprint density at radius 3 is 2.62 bits per heavy atom. The molecule has 0 aliphatic carbocycles. The number of carbonyl (C=O) groups is 3. The second-order valence-electron chi connectivity index (χ2n) is 7.03. The Hall–Kier alpha value is -3.23. The number of benzene rings is 2. The second kappa shape index (κ2) is 9.50. The van der Waals surface area contributed by atoms with E-state index in [1.54, 1.807) is 29.4 Å². The number of nitrogens with zero attached hydrogens (tertiary/aromatic N) is 1. The van der Waals surface area contributed by atoms with Crippen LogP contribution in [0, 0.1) is 0 Å². The van der Waals surface area contributed by atoms with Crippen molar-refractivity contribution < 1.29 is 23.5 Å². The first-order chi connectivity index (χ1) is 15.5. The fourth-order valence-electron chi connectivity index (χ4n) is 3.33. The molecule has 1 atom stereocenters. The molecule has 1 unspecified atom stereocenters. The highest BCUT2D eigenvalue weighted by Crippen LogP contribution is 2.39. The average Bonchev–Trinajstić information content (AvgIpc) is 3.45. The van der Waals surface area contributed by atoms with Crippen LogP contribution in [0.5, 0.6) is 0 Å². The number of amides is 2. The SMILES string of the molecule is COC(=O)c1ccc(Cl)c(NC(=O)c2ccc(C3SCC(=O)N3Cc3ccco3)cc2)c1. The van der Waals surface area contributed by atoms with E-state index in [1.807, 2.05) is 18.2 Å². The first kappa shape index (κ1) is 22.0. The minimum Gasteiger partial charge on any atom is -0.467 e. The Balaban J connectivity index is 1.48. The predicted molar refractivity (Wildman–Crippen MR) is 122 cm³/mol. The fraction of sp³-hybridized carbons (Fsp3) is 0.174. The Labute approximate surface area is 193 Å². The Morgan fingerprint density at radius 1 is 1.19 bits per heavy atom. The number of carbonyl (C=O) groups excluding carboxylic acids is 3. The molecule has 2 amide bonds. The van der Waals surface area contributed by atoms with Crippen molar-refractivity contribution in [2.75, 3.05) is 18.2 Å². The van der Waals surface area contributed by atoms with Crippen LogP contribution in [0.15, 0.2) is 65.3 Å². The Bertz CT molecular complexity index is 1150. The minimum absolute atomic E-state index is 0.0401. The summed E-state index contributed by atoms with van der Waals surface area (Å²) in [5.41, 5.74) is 1.92. The van der Waals surface area contributed by atoms with Crippen LogP contribution < -0.4 is 5.32 Å². The summed E-state index contributed by atoms with van der Waals surface area (Å²) in [7, 11) is 1.28. The first-order valence-electron chi connectivity index (χ1n) is 9.69. The fourth-order valence-corrected chi connectivity index (χ4v) is 4.68. The molecule has 4 rings (SSSR count). The van der Waals surface area contributed by atoms with E-state index in [9.17, 15) is 14.4 Å². The maximum absolute atomic E-state index is 12.7. The van der Waals surface area contributed by atoms with E-state index < -0.39 is 5.97 Å². The molecule has 7 nitrogen and oxygen atoms in total. The van der Waals surface area contributed by atoms with Gasteiger partial charge in [0.25, 0.3) is 5.91 Å². The van der Waals surface area contributed by atoms with Gasteiger partial charge in [0.2, 0.25) is 5.91 Å². The van der Waals surface area contributed by atoms with Crippen LogP contribution in [0.25, 0.3) is 0 Å². The molecule has 0 saturated carbocycles. The van der Waals surface area contributed by atoms with Crippen molar-refractivity contribution in [3.63, 3.8) is 0 Å². The molecule has 9 heteroatoms. The maximum atomic E-state index is 12.7. The highest BCUT2D eigenvalue weighted by Gasteiger charge is 2.33. The number of ether oxygens (including phenoxy) is 1. The van der Waals surface area contributed by atoms with Crippen molar-refractivity contribution in [3.05, 3.63) is 88.3 Å². The summed E-state index contributed by atoms with van der Waals surface area (Å²) >= 11 is 7.69. The largest absolute Gasteiger partial charge is 0.467 e.